The fourth-order valence-corrected chi connectivity index (χ4v) is 12.5. The Morgan fingerprint density at radius 3 is 1.34 bits per heavy atom. The van der Waals surface area contributed by atoms with Crippen LogP contribution in [0.5, 0.6) is 0 Å². The number of benzene rings is 2. The highest BCUT2D eigenvalue weighted by atomic mass is 79.9. The number of piperidine rings is 2. The van der Waals surface area contributed by atoms with Crippen molar-refractivity contribution in [1.29, 1.82) is 0 Å². The van der Waals surface area contributed by atoms with E-state index in [9.17, 15) is 45.5 Å². The molecular weight excluding hydrogens is 1310 g/mol. The van der Waals surface area contributed by atoms with Crippen LogP contribution < -0.4 is 31.5 Å². The van der Waals surface area contributed by atoms with Crippen LogP contribution in [0.25, 0.3) is 0 Å². The van der Waals surface area contributed by atoms with Crippen LogP contribution in [0.2, 0.25) is 10.0 Å². The van der Waals surface area contributed by atoms with E-state index in [0.29, 0.717) is 104 Å². The number of nitrogens with one attached hydrogen (secondary N) is 1. The summed E-state index contributed by atoms with van der Waals surface area (Å²) in [5, 5.41) is 2.45. The van der Waals surface area contributed by atoms with Crippen molar-refractivity contribution in [2.24, 2.45) is 11.5 Å². The summed E-state index contributed by atoms with van der Waals surface area (Å²) in [5.74, 6) is 0.697. The zero-order chi connectivity index (χ0) is 66.9. The predicted octanol–water partition coefficient (Wildman–Crippen LogP) is 14.1. The molecule has 8 atom stereocenters. The van der Waals surface area contributed by atoms with E-state index in [4.69, 9.17) is 48.9 Å². The van der Waals surface area contributed by atoms with Crippen LogP contribution in [-0.2, 0) is 44.4 Å². The number of cyclic esters (lactones) is 2. The average Bonchev–Trinajstić information content (AvgIpc) is 1.23. The first-order valence-corrected chi connectivity index (χ1v) is 32.5. The molecule has 4 saturated heterocycles. The number of amides is 4. The van der Waals surface area contributed by atoms with Crippen LogP contribution in [-0.4, -0.2) is 141 Å². The molecule has 9 rings (SSSR count). The number of nitrogens with zero attached hydrogens (tertiary/aromatic N) is 9. The second kappa shape index (κ2) is 34.1. The summed E-state index contributed by atoms with van der Waals surface area (Å²) in [5.41, 5.74) is 10.9. The van der Waals surface area contributed by atoms with Crippen molar-refractivity contribution >= 4 is 81.1 Å². The summed E-state index contributed by atoms with van der Waals surface area (Å²) in [4.78, 5) is 74.7. The third-order valence-electron chi connectivity index (χ3n) is 16.2. The molecule has 1 aliphatic carbocycles. The standard InChI is InChI=1S/C28H35ClF3N5O4.C25H31BrClF3N4O2.C6H14N2.C3H5NO2/c1-5-21-12-23(13-22(6-2)37(21)27(39)41-17(3)4)36(16-18-9-19(28(30,31)32)11-20(29)10-18)25-33-14-24(15-34-25)35-7-8-40-26(35)38;1-5-20-10-22(11-21(6-2)34(20)24(35)36-15(3)4)33(23-31-12-18(26)13-32-23)14-16-7-17(25(28,29)30)9-19(27)8-16;7-5-3-1-2-4-6(5)8;5-3-4-1-2-6-3/h9-11,14-15,17,21-23H,5-8,12-13,16H2,1-4H3;7-9,12-13,15,20-22H,5-6,10-11,14H2,1-4H3;5-6H,1-4,7-8H2;1-2H2,(H,4,5)/t21-,22+,23?;20-,21+,22?;5-,6+;. The molecule has 504 valence electrons. The van der Waals surface area contributed by atoms with Crippen LogP contribution >= 0.6 is 39.1 Å². The van der Waals surface area contributed by atoms with Crippen LogP contribution in [0, 0.1) is 0 Å². The lowest BCUT2D eigenvalue weighted by molar-refractivity contribution is -0.138. The number of anilines is 3. The third kappa shape index (κ3) is 21.4. The fourth-order valence-electron chi connectivity index (χ4n) is 11.7. The Bertz CT molecular complexity index is 2950. The van der Waals surface area contributed by atoms with Crippen molar-refractivity contribution in [3.8, 4) is 0 Å². The topological polar surface area (TPSA) is 237 Å². The average molecular weight is 1390 g/mol. The fraction of sp³-hybridized carbons (Fsp3) is 0.613. The number of hydrogen-bond donors (Lipinski definition) is 3. The van der Waals surface area contributed by atoms with Crippen molar-refractivity contribution in [3.05, 3.63) is 98.0 Å². The Morgan fingerprint density at radius 1 is 0.648 bits per heavy atom. The molecule has 20 nitrogen and oxygen atoms in total. The molecule has 2 aromatic carbocycles. The highest BCUT2D eigenvalue weighted by Crippen LogP contribution is 2.39. The number of rotatable bonds is 15. The summed E-state index contributed by atoms with van der Waals surface area (Å²) in [6, 6.07) is 6.79. The summed E-state index contributed by atoms with van der Waals surface area (Å²) >= 11 is 15.5. The molecule has 4 aromatic rings. The summed E-state index contributed by atoms with van der Waals surface area (Å²) in [6.45, 7) is 17.3. The summed E-state index contributed by atoms with van der Waals surface area (Å²) in [7, 11) is 0. The van der Waals surface area contributed by atoms with Gasteiger partial charge in [-0.3, -0.25) is 4.90 Å². The number of alkyl carbamates (subject to hydrolysis) is 1. The summed E-state index contributed by atoms with van der Waals surface area (Å²) < 4.78 is 102. The quantitative estimate of drug-likeness (QED) is 0.0741. The van der Waals surface area contributed by atoms with Gasteiger partial charge in [0.15, 0.2) is 0 Å². The first-order valence-electron chi connectivity index (χ1n) is 30.9. The summed E-state index contributed by atoms with van der Waals surface area (Å²) in [6.07, 6.45) is 5.01. The van der Waals surface area contributed by atoms with Gasteiger partial charge in [0, 0.05) is 83.9 Å². The zero-order valence-electron chi connectivity index (χ0n) is 52.6. The SMILES string of the molecule is CC[C@@H]1CC(N(Cc2cc(Cl)cc(C(F)(F)F)c2)c2ncc(Br)cn2)C[C@H](CC)N1C(=O)OC(C)C.CC[C@@H]1CC(N(Cc2cc(Cl)cc(C(F)(F)F)c2)c2ncc(N3CCOC3=O)cn2)C[C@H](CC)N1C(=O)OC(C)C.N[C@@H]1CCCC[C@@H]1N.O=C1NCCO1. The number of likely N-dealkylation sites (tertiary alicyclic amines) is 2. The lowest BCUT2D eigenvalue weighted by atomic mass is 9.87. The maximum absolute atomic E-state index is 13.6. The smallest absolute Gasteiger partial charge is 0.416 e. The van der Waals surface area contributed by atoms with Gasteiger partial charge in [0.05, 0.1) is 59.0 Å². The maximum Gasteiger partial charge on any atom is 0.416 e. The van der Waals surface area contributed by atoms with Gasteiger partial charge in [-0.25, -0.2) is 39.1 Å². The van der Waals surface area contributed by atoms with E-state index < -0.39 is 29.6 Å². The van der Waals surface area contributed by atoms with Gasteiger partial charge in [0.1, 0.15) is 13.2 Å². The van der Waals surface area contributed by atoms with Crippen LogP contribution in [0.3, 0.4) is 0 Å². The zero-order valence-corrected chi connectivity index (χ0v) is 55.7. The Morgan fingerprint density at radius 2 is 1.04 bits per heavy atom. The molecule has 2 unspecified atom stereocenters. The maximum atomic E-state index is 13.6. The number of nitrogens with two attached hydrogens (primary N) is 2. The minimum absolute atomic E-state index is 0.0145. The van der Waals surface area contributed by atoms with Crippen molar-refractivity contribution in [3.63, 3.8) is 0 Å². The monoisotopic (exact) mass is 1390 g/mol. The van der Waals surface area contributed by atoms with E-state index >= 15 is 0 Å². The second-order valence-corrected chi connectivity index (χ2v) is 25.3. The number of halogens is 9. The van der Waals surface area contributed by atoms with Crippen molar-refractivity contribution in [2.75, 3.05) is 41.0 Å². The molecule has 1 saturated carbocycles. The van der Waals surface area contributed by atoms with Gasteiger partial charge in [-0.05, 0) is 155 Å². The van der Waals surface area contributed by atoms with Crippen molar-refractivity contribution in [1.82, 2.24) is 35.1 Å². The molecule has 2 aromatic heterocycles. The van der Waals surface area contributed by atoms with E-state index in [0.717, 1.165) is 37.1 Å². The molecule has 4 aliphatic heterocycles. The van der Waals surface area contributed by atoms with Gasteiger partial charge in [-0.15, -0.1) is 0 Å². The first kappa shape index (κ1) is 73.9. The van der Waals surface area contributed by atoms with Crippen LogP contribution in [0.15, 0.2) is 65.7 Å². The lowest BCUT2D eigenvalue weighted by Gasteiger charge is -2.47. The number of hydrogen-bond acceptors (Lipinski definition) is 16. The number of ether oxygens (including phenoxy) is 4. The molecule has 4 amide bonds. The molecule has 0 spiro atoms. The Kier molecular flexibility index (Phi) is 27.7. The van der Waals surface area contributed by atoms with Gasteiger partial charge >= 0.3 is 36.7 Å². The van der Waals surface area contributed by atoms with E-state index in [1.54, 1.807) is 31.1 Å². The molecule has 29 heteroatoms. The van der Waals surface area contributed by atoms with Gasteiger partial charge in [-0.2, -0.15) is 26.3 Å². The normalized spacial score (nSPS) is 22.5. The number of carbonyl (C=O) groups excluding carboxylic acids is 4. The number of alkyl halides is 6. The minimum atomic E-state index is -4.56. The second-order valence-electron chi connectivity index (χ2n) is 23.5. The molecule has 5 N–H and O–H groups in total. The van der Waals surface area contributed by atoms with Gasteiger partial charge in [-0.1, -0.05) is 63.7 Å². The van der Waals surface area contributed by atoms with E-state index in [2.05, 4.69) is 45.9 Å². The van der Waals surface area contributed by atoms with Gasteiger partial charge < -0.3 is 55.3 Å². The molecule has 5 fully saturated rings. The van der Waals surface area contributed by atoms with Crippen LogP contribution in [0.4, 0.5) is 63.1 Å². The van der Waals surface area contributed by atoms with E-state index in [1.807, 2.05) is 56.2 Å². The predicted molar refractivity (Wildman–Crippen MR) is 339 cm³/mol. The van der Waals surface area contributed by atoms with Crippen LogP contribution in [0.1, 0.15) is 155 Å². The highest BCUT2D eigenvalue weighted by Gasteiger charge is 2.43. The lowest BCUT2D eigenvalue weighted by Crippen LogP contribution is -2.57. The third-order valence-corrected chi connectivity index (χ3v) is 17.0. The molecule has 5 aliphatic rings. The van der Waals surface area contributed by atoms with Gasteiger partial charge in [0.25, 0.3) is 0 Å². The Labute approximate surface area is 546 Å². The number of carbonyl (C=O) groups is 4. The molecule has 91 heavy (non-hydrogen) atoms. The Hall–Kier alpha value is -6.16. The van der Waals surface area contributed by atoms with Gasteiger partial charge in [0.2, 0.25) is 11.9 Å². The highest BCUT2D eigenvalue weighted by molar-refractivity contribution is 9.10. The molecule has 0 bridgehead atoms. The van der Waals surface area contributed by atoms with Crippen molar-refractivity contribution < 1.29 is 64.5 Å². The largest absolute Gasteiger partial charge is 0.448 e. The number of aromatic nitrogens is 4. The molecular formula is C62H85BrCl2F6N12O8. The van der Waals surface area contributed by atoms with Crippen molar-refractivity contribution in [2.45, 2.75) is 218 Å². The minimum Gasteiger partial charge on any atom is -0.448 e. The Balaban J connectivity index is 0.000000238. The van der Waals surface area contributed by atoms with E-state index in [1.165, 1.54) is 42.3 Å². The molecule has 0 radical (unpaired) electrons. The molecule has 6 heterocycles. The first-order chi connectivity index (χ1) is 43.0. The van der Waals surface area contributed by atoms with E-state index in [-0.39, 0.29) is 109 Å².